The predicted molar refractivity (Wildman–Crippen MR) is 155 cm³/mol. The van der Waals surface area contributed by atoms with Crippen LogP contribution in [0.4, 0.5) is 10.3 Å². The van der Waals surface area contributed by atoms with Crippen LogP contribution in [0.5, 0.6) is 5.75 Å². The SMILES string of the molecule is COc1cc(F)cc([C@@H](CO)NC(=O)[C@@H](C)n2ccn3cc(-c4nc(N[C@@H]5CCOC[C@@H]5C)ncc4Cl)cc3c2=O)c1. The van der Waals surface area contributed by atoms with Crippen molar-refractivity contribution in [3.05, 3.63) is 75.8 Å². The van der Waals surface area contributed by atoms with Crippen LogP contribution in [0.2, 0.25) is 5.02 Å². The van der Waals surface area contributed by atoms with E-state index in [-0.39, 0.29) is 11.8 Å². The first-order chi connectivity index (χ1) is 20.2. The summed E-state index contributed by atoms with van der Waals surface area (Å²) in [5.74, 6) is -0.129. The molecular weight excluding hydrogens is 567 g/mol. The highest BCUT2D eigenvalue weighted by Crippen LogP contribution is 2.29. The number of hydrogen-bond donors (Lipinski definition) is 3. The van der Waals surface area contributed by atoms with E-state index < -0.39 is 36.0 Å². The molecule has 1 aromatic carbocycles. The molecule has 4 aromatic rings. The van der Waals surface area contributed by atoms with Crippen molar-refractivity contribution >= 4 is 29.0 Å². The van der Waals surface area contributed by atoms with Gasteiger partial charge in [0.25, 0.3) is 5.56 Å². The van der Waals surface area contributed by atoms with Crippen molar-refractivity contribution in [1.29, 1.82) is 0 Å². The molecule has 0 aliphatic carbocycles. The zero-order valence-electron chi connectivity index (χ0n) is 23.4. The Kier molecular flexibility index (Phi) is 8.76. The molecule has 1 amide bonds. The molecule has 3 aromatic heterocycles. The molecule has 5 rings (SSSR count). The minimum atomic E-state index is -0.940. The maximum atomic E-state index is 14.0. The lowest BCUT2D eigenvalue weighted by Crippen LogP contribution is -2.39. The minimum absolute atomic E-state index is 0.161. The van der Waals surface area contributed by atoms with E-state index in [1.165, 1.54) is 42.3 Å². The van der Waals surface area contributed by atoms with Gasteiger partial charge in [0.05, 0.1) is 43.3 Å². The number of benzene rings is 1. The highest BCUT2D eigenvalue weighted by Gasteiger charge is 2.24. The lowest BCUT2D eigenvalue weighted by molar-refractivity contribution is -0.125. The Balaban J connectivity index is 1.39. The van der Waals surface area contributed by atoms with Crippen molar-refractivity contribution in [2.75, 3.05) is 32.2 Å². The second-order valence-electron chi connectivity index (χ2n) is 10.4. The zero-order valence-corrected chi connectivity index (χ0v) is 24.1. The van der Waals surface area contributed by atoms with Crippen LogP contribution in [0.15, 0.2) is 53.8 Å². The van der Waals surface area contributed by atoms with Crippen LogP contribution < -0.4 is 20.9 Å². The summed E-state index contributed by atoms with van der Waals surface area (Å²) >= 11 is 6.46. The van der Waals surface area contributed by atoms with Gasteiger partial charge < -0.3 is 34.2 Å². The Morgan fingerprint density at radius 1 is 1.31 bits per heavy atom. The number of amides is 1. The number of ether oxygens (including phenoxy) is 2. The summed E-state index contributed by atoms with van der Waals surface area (Å²) in [4.78, 5) is 35.6. The molecule has 0 spiro atoms. The summed E-state index contributed by atoms with van der Waals surface area (Å²) in [5.41, 5.74) is 1.29. The molecule has 1 fully saturated rings. The first-order valence-electron chi connectivity index (χ1n) is 13.5. The van der Waals surface area contributed by atoms with Crippen LogP contribution >= 0.6 is 11.6 Å². The summed E-state index contributed by atoms with van der Waals surface area (Å²) in [7, 11) is 1.39. The highest BCUT2D eigenvalue weighted by molar-refractivity contribution is 6.32. The Hall–Kier alpha value is -4.00. The van der Waals surface area contributed by atoms with Crippen molar-refractivity contribution in [2.24, 2.45) is 5.92 Å². The number of aromatic nitrogens is 4. The topological polar surface area (TPSA) is 132 Å². The van der Waals surface area contributed by atoms with Crippen LogP contribution in [0.1, 0.15) is 37.9 Å². The number of hydrogen-bond acceptors (Lipinski definition) is 8. The fourth-order valence-electron chi connectivity index (χ4n) is 5.01. The fraction of sp³-hybridized carbons (Fsp3) is 0.379. The van der Waals surface area contributed by atoms with E-state index in [1.807, 2.05) is 0 Å². The maximum absolute atomic E-state index is 14.0. The molecule has 0 saturated carbocycles. The lowest BCUT2D eigenvalue weighted by Gasteiger charge is -2.29. The number of carbonyl (C=O) groups excluding carboxylic acids is 1. The van der Waals surface area contributed by atoms with Crippen LogP contribution in [-0.2, 0) is 9.53 Å². The van der Waals surface area contributed by atoms with Crippen molar-refractivity contribution < 1.29 is 23.8 Å². The number of fused-ring (bicyclic) bond motifs is 1. The van der Waals surface area contributed by atoms with Crippen molar-refractivity contribution in [3.8, 4) is 17.0 Å². The lowest BCUT2D eigenvalue weighted by atomic mass is 9.98. The molecule has 0 radical (unpaired) electrons. The van der Waals surface area contributed by atoms with E-state index in [0.717, 1.165) is 6.42 Å². The highest BCUT2D eigenvalue weighted by atomic mass is 35.5. The summed E-state index contributed by atoms with van der Waals surface area (Å²) in [5, 5.41) is 16.3. The van der Waals surface area contributed by atoms with Gasteiger partial charge in [-0.25, -0.2) is 14.4 Å². The second-order valence-corrected chi connectivity index (χ2v) is 10.8. The van der Waals surface area contributed by atoms with E-state index in [9.17, 15) is 19.1 Å². The van der Waals surface area contributed by atoms with E-state index in [0.29, 0.717) is 52.4 Å². The molecule has 1 saturated heterocycles. The van der Waals surface area contributed by atoms with Crippen LogP contribution in [0.3, 0.4) is 0 Å². The van der Waals surface area contributed by atoms with Gasteiger partial charge in [-0.3, -0.25) is 9.59 Å². The van der Waals surface area contributed by atoms with Crippen molar-refractivity contribution in [1.82, 2.24) is 24.3 Å². The van der Waals surface area contributed by atoms with Gasteiger partial charge in [-0.15, -0.1) is 0 Å². The minimum Gasteiger partial charge on any atom is -0.497 e. The summed E-state index contributed by atoms with van der Waals surface area (Å²) in [6, 6.07) is 3.90. The first kappa shape index (κ1) is 29.5. The molecular formula is C29H32ClFN6O5. The van der Waals surface area contributed by atoms with Crippen molar-refractivity contribution in [2.45, 2.75) is 38.4 Å². The Labute approximate surface area is 246 Å². The van der Waals surface area contributed by atoms with Crippen LogP contribution in [0.25, 0.3) is 16.8 Å². The number of methoxy groups -OCH3 is 1. The third-order valence-corrected chi connectivity index (χ3v) is 7.77. The molecule has 1 aliphatic heterocycles. The molecule has 3 N–H and O–H groups in total. The van der Waals surface area contributed by atoms with Crippen LogP contribution in [0, 0.1) is 11.7 Å². The molecule has 42 heavy (non-hydrogen) atoms. The smallest absolute Gasteiger partial charge is 0.275 e. The molecule has 1 aliphatic rings. The second kappa shape index (κ2) is 12.5. The molecule has 4 atom stereocenters. The summed E-state index contributed by atoms with van der Waals surface area (Å²) in [6.45, 7) is 4.50. The van der Waals surface area contributed by atoms with Gasteiger partial charge in [0.15, 0.2) is 0 Å². The monoisotopic (exact) mass is 598 g/mol. The van der Waals surface area contributed by atoms with Crippen molar-refractivity contribution in [3.63, 3.8) is 0 Å². The Morgan fingerprint density at radius 3 is 2.86 bits per heavy atom. The summed E-state index contributed by atoms with van der Waals surface area (Å²) in [6.07, 6.45) is 7.25. The standard InChI is InChI=1S/C29H32ClFN6O5/c1-16-15-42-7-4-23(16)34-29-32-12-22(30)26(35-29)19-10-25-28(40)37(6-5-36(25)13-19)17(2)27(39)33-24(14-38)18-8-20(31)11-21(9-18)41-3/h5-6,8-13,16-17,23-24,38H,4,7,14-15H2,1-3H3,(H,33,39)(H,32,34,35)/t16-,17+,23+,24+/m0/s1. The molecule has 0 unspecified atom stereocenters. The van der Waals surface area contributed by atoms with Gasteiger partial charge in [0.2, 0.25) is 11.9 Å². The van der Waals surface area contributed by atoms with Gasteiger partial charge in [-0.05, 0) is 43.0 Å². The van der Waals surface area contributed by atoms with Gasteiger partial charge in [-0.2, -0.15) is 0 Å². The van der Waals surface area contributed by atoms with E-state index in [4.69, 9.17) is 21.1 Å². The average Bonchev–Trinajstić information content (AvgIpc) is 3.42. The molecule has 4 heterocycles. The average molecular weight is 599 g/mol. The fourth-order valence-corrected chi connectivity index (χ4v) is 5.21. The van der Waals surface area contributed by atoms with Gasteiger partial charge >= 0.3 is 0 Å². The third kappa shape index (κ3) is 6.10. The number of nitrogens with one attached hydrogen (secondary N) is 2. The normalized spacial score (nSPS) is 18.4. The van der Waals surface area contributed by atoms with Gasteiger partial charge in [0, 0.05) is 42.9 Å². The molecule has 11 nitrogen and oxygen atoms in total. The number of carbonyl (C=O) groups is 1. The third-order valence-electron chi connectivity index (χ3n) is 7.49. The predicted octanol–water partition coefficient (Wildman–Crippen LogP) is 3.61. The van der Waals surface area contributed by atoms with Crippen LogP contribution in [-0.4, -0.2) is 62.9 Å². The van der Waals surface area contributed by atoms with Gasteiger partial charge in [-0.1, -0.05) is 18.5 Å². The molecule has 222 valence electrons. The molecule has 0 bridgehead atoms. The Morgan fingerprint density at radius 2 is 2.12 bits per heavy atom. The Bertz CT molecular complexity index is 1660. The number of halogens is 2. The number of rotatable bonds is 9. The number of nitrogens with zero attached hydrogens (tertiary/aromatic N) is 4. The maximum Gasteiger partial charge on any atom is 0.275 e. The summed E-state index contributed by atoms with van der Waals surface area (Å²) < 4.78 is 27.6. The van der Waals surface area contributed by atoms with E-state index in [2.05, 4.69) is 27.5 Å². The number of anilines is 1. The van der Waals surface area contributed by atoms with E-state index in [1.54, 1.807) is 29.8 Å². The largest absolute Gasteiger partial charge is 0.497 e. The first-order valence-corrected chi connectivity index (χ1v) is 13.9. The number of aliphatic hydroxyl groups is 1. The number of aliphatic hydroxyl groups excluding tert-OH is 1. The van der Waals surface area contributed by atoms with Gasteiger partial charge in [0.1, 0.15) is 23.1 Å². The molecule has 13 heteroatoms. The quantitative estimate of drug-likeness (QED) is 0.266. The van der Waals surface area contributed by atoms with E-state index >= 15 is 0 Å². The zero-order chi connectivity index (χ0) is 30.0.